The molecule has 0 spiro atoms. The molecule has 6 heteroatoms. The molecule has 5 nitrogen and oxygen atoms in total. The van der Waals surface area contributed by atoms with Crippen LogP contribution in [-0.2, 0) is 6.54 Å². The average Bonchev–Trinajstić information content (AvgIpc) is 2.69. The second-order valence-electron chi connectivity index (χ2n) is 7.35. The van der Waals surface area contributed by atoms with Crippen molar-refractivity contribution < 1.29 is 4.39 Å². The fraction of sp³-hybridized carbons (Fsp3) is 0.455. The number of hydrogen-bond acceptors (Lipinski definition) is 3. The first-order valence-corrected chi connectivity index (χ1v) is 10.0. The normalized spacial score (nSPS) is 17.5. The molecule has 1 fully saturated rings. The van der Waals surface area contributed by atoms with Gasteiger partial charge in [0.05, 0.1) is 17.9 Å². The van der Waals surface area contributed by atoms with Crippen LogP contribution >= 0.6 is 0 Å². The minimum atomic E-state index is -0.155. The molecule has 1 saturated heterocycles. The zero-order valence-electron chi connectivity index (χ0n) is 17.0. The van der Waals surface area contributed by atoms with Gasteiger partial charge in [-0.15, -0.1) is 0 Å². The second-order valence-corrected chi connectivity index (χ2v) is 7.35. The predicted molar refractivity (Wildman–Crippen MR) is 113 cm³/mol. The summed E-state index contributed by atoms with van der Waals surface area (Å²) in [7, 11) is 0. The lowest BCUT2D eigenvalue weighted by atomic mass is 10.0. The van der Waals surface area contributed by atoms with Crippen LogP contribution in [0.3, 0.4) is 0 Å². The van der Waals surface area contributed by atoms with Crippen molar-refractivity contribution in [2.45, 2.75) is 46.2 Å². The van der Waals surface area contributed by atoms with Gasteiger partial charge in [-0.05, 0) is 62.9 Å². The van der Waals surface area contributed by atoms with Crippen molar-refractivity contribution in [1.82, 2.24) is 15.6 Å². The molecule has 1 aliphatic heterocycles. The number of aryl methyl sites for hydroxylation is 2. The number of nitrogens with zero attached hydrogens (tertiary/aromatic N) is 3. The first-order valence-electron chi connectivity index (χ1n) is 10.0. The molecule has 2 heterocycles. The molecule has 1 aliphatic rings. The summed E-state index contributed by atoms with van der Waals surface area (Å²) in [4.78, 5) is 11.3. The van der Waals surface area contributed by atoms with Crippen LogP contribution in [0.25, 0.3) is 0 Å². The molecule has 1 atom stereocenters. The van der Waals surface area contributed by atoms with Crippen LogP contribution in [-0.4, -0.2) is 36.6 Å². The maximum absolute atomic E-state index is 14.3. The Hall–Kier alpha value is -2.63. The van der Waals surface area contributed by atoms with Crippen LogP contribution in [0.5, 0.6) is 0 Å². The van der Waals surface area contributed by atoms with E-state index in [-0.39, 0.29) is 11.9 Å². The Kier molecular flexibility index (Phi) is 6.85. The summed E-state index contributed by atoms with van der Waals surface area (Å²) in [6.45, 7) is 9.05. The summed E-state index contributed by atoms with van der Waals surface area (Å²) < 4.78 is 14.3. The van der Waals surface area contributed by atoms with Crippen molar-refractivity contribution >= 4 is 11.6 Å². The molecule has 1 unspecified atom stereocenters. The van der Waals surface area contributed by atoms with Gasteiger partial charge in [0.25, 0.3) is 0 Å². The monoisotopic (exact) mass is 383 g/mol. The van der Waals surface area contributed by atoms with Crippen LogP contribution in [0, 0.1) is 19.7 Å². The molecule has 0 aliphatic carbocycles. The van der Waals surface area contributed by atoms with E-state index in [4.69, 9.17) is 4.99 Å². The number of guanidine groups is 1. The topological polar surface area (TPSA) is 52.6 Å². The van der Waals surface area contributed by atoms with E-state index >= 15 is 0 Å². The number of pyridine rings is 1. The summed E-state index contributed by atoms with van der Waals surface area (Å²) in [5, 5.41) is 6.84. The first kappa shape index (κ1) is 20.1. The average molecular weight is 384 g/mol. The van der Waals surface area contributed by atoms with Crippen molar-refractivity contribution in [2.24, 2.45) is 4.99 Å². The number of aromatic nitrogens is 1. The summed E-state index contributed by atoms with van der Waals surface area (Å²) in [5.41, 5.74) is 3.89. The molecular weight excluding hydrogens is 353 g/mol. The molecule has 0 amide bonds. The van der Waals surface area contributed by atoms with Gasteiger partial charge in [-0.25, -0.2) is 9.38 Å². The molecular formula is C22H30FN5. The lowest BCUT2D eigenvalue weighted by Gasteiger charge is -2.35. The van der Waals surface area contributed by atoms with Crippen LogP contribution in [0.2, 0.25) is 0 Å². The Bertz CT molecular complexity index is 820. The Balaban J connectivity index is 1.68. The van der Waals surface area contributed by atoms with Crippen molar-refractivity contribution in [3.8, 4) is 0 Å². The maximum Gasteiger partial charge on any atom is 0.191 e. The molecule has 1 aromatic carbocycles. The zero-order chi connectivity index (χ0) is 19.9. The van der Waals surface area contributed by atoms with Crippen molar-refractivity contribution in [3.63, 3.8) is 0 Å². The van der Waals surface area contributed by atoms with E-state index in [9.17, 15) is 4.39 Å². The zero-order valence-corrected chi connectivity index (χ0v) is 17.0. The third-order valence-corrected chi connectivity index (χ3v) is 5.05. The Morgan fingerprint density at radius 2 is 2.18 bits per heavy atom. The van der Waals surface area contributed by atoms with Crippen LogP contribution in [0.15, 0.2) is 41.5 Å². The minimum absolute atomic E-state index is 0.155. The fourth-order valence-electron chi connectivity index (χ4n) is 3.53. The lowest BCUT2D eigenvalue weighted by molar-refractivity contribution is 0.462. The maximum atomic E-state index is 14.3. The minimum Gasteiger partial charge on any atom is -0.367 e. The molecule has 28 heavy (non-hydrogen) atoms. The Morgan fingerprint density at radius 1 is 1.32 bits per heavy atom. The Morgan fingerprint density at radius 3 is 2.96 bits per heavy atom. The quantitative estimate of drug-likeness (QED) is 0.612. The number of halogens is 1. The van der Waals surface area contributed by atoms with Crippen LogP contribution < -0.4 is 15.5 Å². The third-order valence-electron chi connectivity index (χ3n) is 5.05. The SMILES string of the molecule is CCNC(=NCc1ncccc1C)NC1CCCN(c2cc(C)ccc2F)C1. The summed E-state index contributed by atoms with van der Waals surface area (Å²) in [6.07, 6.45) is 3.86. The Labute approximate surface area is 167 Å². The van der Waals surface area contributed by atoms with Gasteiger partial charge in [0.2, 0.25) is 0 Å². The van der Waals surface area contributed by atoms with Crippen molar-refractivity contribution in [1.29, 1.82) is 0 Å². The van der Waals surface area contributed by atoms with Gasteiger partial charge in [0, 0.05) is 31.9 Å². The highest BCUT2D eigenvalue weighted by Gasteiger charge is 2.23. The molecule has 2 aromatic rings. The molecule has 2 N–H and O–H groups in total. The van der Waals surface area contributed by atoms with Crippen LogP contribution in [0.1, 0.15) is 36.6 Å². The van der Waals surface area contributed by atoms with Gasteiger partial charge in [0.1, 0.15) is 5.82 Å². The van der Waals surface area contributed by atoms with Gasteiger partial charge in [-0.3, -0.25) is 4.98 Å². The number of anilines is 1. The smallest absolute Gasteiger partial charge is 0.191 e. The fourth-order valence-corrected chi connectivity index (χ4v) is 3.53. The van der Waals surface area contributed by atoms with E-state index in [0.29, 0.717) is 12.2 Å². The predicted octanol–water partition coefficient (Wildman–Crippen LogP) is 3.56. The van der Waals surface area contributed by atoms with E-state index in [2.05, 4.69) is 27.4 Å². The van der Waals surface area contributed by atoms with Gasteiger partial charge in [-0.2, -0.15) is 0 Å². The van der Waals surface area contributed by atoms with Gasteiger partial charge in [0.15, 0.2) is 5.96 Å². The first-order chi connectivity index (χ1) is 13.6. The number of aliphatic imine (C=N–C) groups is 1. The summed E-state index contributed by atoms with van der Waals surface area (Å²) >= 11 is 0. The molecule has 0 bridgehead atoms. The molecule has 3 rings (SSSR count). The third kappa shape index (κ3) is 5.21. The molecule has 0 saturated carbocycles. The van der Waals surface area contributed by atoms with Gasteiger partial charge < -0.3 is 15.5 Å². The van der Waals surface area contributed by atoms with Gasteiger partial charge >= 0.3 is 0 Å². The summed E-state index contributed by atoms with van der Waals surface area (Å²) in [6, 6.07) is 9.51. The van der Waals surface area contributed by atoms with E-state index < -0.39 is 0 Å². The van der Waals surface area contributed by atoms with E-state index in [1.807, 2.05) is 38.1 Å². The number of rotatable bonds is 5. The largest absolute Gasteiger partial charge is 0.367 e. The van der Waals surface area contributed by atoms with Crippen molar-refractivity contribution in [3.05, 3.63) is 59.2 Å². The molecule has 0 radical (unpaired) electrons. The molecule has 150 valence electrons. The second kappa shape index (κ2) is 9.53. The van der Waals surface area contributed by atoms with Gasteiger partial charge in [-0.1, -0.05) is 12.1 Å². The number of benzene rings is 1. The highest BCUT2D eigenvalue weighted by atomic mass is 19.1. The van der Waals surface area contributed by atoms with Crippen LogP contribution in [0.4, 0.5) is 10.1 Å². The number of piperidine rings is 1. The van der Waals surface area contributed by atoms with E-state index in [0.717, 1.165) is 55.3 Å². The lowest BCUT2D eigenvalue weighted by Crippen LogP contribution is -2.51. The highest BCUT2D eigenvalue weighted by molar-refractivity contribution is 5.80. The highest BCUT2D eigenvalue weighted by Crippen LogP contribution is 2.24. The number of nitrogens with one attached hydrogen (secondary N) is 2. The molecule has 1 aromatic heterocycles. The number of hydrogen-bond donors (Lipinski definition) is 2. The van der Waals surface area contributed by atoms with E-state index in [1.165, 1.54) is 0 Å². The van der Waals surface area contributed by atoms with E-state index in [1.54, 1.807) is 12.3 Å². The summed E-state index contributed by atoms with van der Waals surface area (Å²) in [5.74, 6) is 0.626. The van der Waals surface area contributed by atoms with Crippen molar-refractivity contribution in [2.75, 3.05) is 24.5 Å². The standard InChI is InChI=1S/C22H30FN5/c1-4-24-22(26-14-20-17(3)7-5-11-25-20)27-18-8-6-12-28(15-18)21-13-16(2)9-10-19(21)23/h5,7,9-11,13,18H,4,6,8,12,14-15H2,1-3H3,(H2,24,26,27).